The van der Waals surface area contributed by atoms with E-state index in [4.69, 9.17) is 21.4 Å². The number of aromatic nitrogens is 1. The topological polar surface area (TPSA) is 67.6 Å². The summed E-state index contributed by atoms with van der Waals surface area (Å²) in [6.45, 7) is 4.93. The average molecular weight is 337 g/mol. The molecule has 1 fully saturated rings. The first-order valence-electron chi connectivity index (χ1n) is 6.84. The van der Waals surface area contributed by atoms with E-state index in [0.29, 0.717) is 18.2 Å². The Labute approximate surface area is 137 Å². The number of morpholine rings is 1. The molecule has 8 heteroatoms. The first kappa shape index (κ1) is 15.1. The molecule has 1 aliphatic rings. The number of anilines is 1. The molecule has 0 radical (unpaired) electrons. The highest BCUT2D eigenvalue weighted by Crippen LogP contribution is 2.27. The van der Waals surface area contributed by atoms with Gasteiger partial charge in [0.15, 0.2) is 10.9 Å². The van der Waals surface area contributed by atoms with Gasteiger partial charge in [-0.2, -0.15) is 0 Å². The highest BCUT2D eigenvalue weighted by molar-refractivity contribution is 7.81. The molecule has 3 heterocycles. The van der Waals surface area contributed by atoms with Crippen LogP contribution in [-0.4, -0.2) is 42.2 Å². The minimum Gasteiger partial charge on any atom is -0.459 e. The number of rotatable bonds is 3. The SMILES string of the molecule is Cc1nc(N2CCOCC2)sc1C(=S)NC(=O)c1ccco1. The Morgan fingerprint density at radius 3 is 2.91 bits per heavy atom. The van der Waals surface area contributed by atoms with Gasteiger partial charge in [-0.3, -0.25) is 4.79 Å². The molecule has 2 aromatic rings. The van der Waals surface area contributed by atoms with Crippen LogP contribution in [0.5, 0.6) is 0 Å². The summed E-state index contributed by atoms with van der Waals surface area (Å²) in [6, 6.07) is 3.25. The number of thiazole rings is 1. The van der Waals surface area contributed by atoms with Crippen molar-refractivity contribution in [2.75, 3.05) is 31.2 Å². The van der Waals surface area contributed by atoms with Crippen molar-refractivity contribution in [3.63, 3.8) is 0 Å². The number of hydrogen-bond acceptors (Lipinski definition) is 7. The maximum Gasteiger partial charge on any atom is 0.292 e. The highest BCUT2D eigenvalue weighted by Gasteiger charge is 2.20. The fourth-order valence-corrected chi connectivity index (χ4v) is 3.49. The molecule has 1 aliphatic heterocycles. The zero-order valence-electron chi connectivity index (χ0n) is 12.0. The van der Waals surface area contributed by atoms with Gasteiger partial charge in [0, 0.05) is 13.1 Å². The maximum absolute atomic E-state index is 12.0. The molecule has 1 saturated heterocycles. The van der Waals surface area contributed by atoms with Crippen LogP contribution in [0, 0.1) is 6.92 Å². The van der Waals surface area contributed by atoms with Gasteiger partial charge in [-0.1, -0.05) is 23.6 Å². The Kier molecular flexibility index (Phi) is 4.51. The van der Waals surface area contributed by atoms with Gasteiger partial charge in [-0.05, 0) is 19.1 Å². The van der Waals surface area contributed by atoms with Crippen LogP contribution >= 0.6 is 23.6 Å². The van der Waals surface area contributed by atoms with Gasteiger partial charge in [0.2, 0.25) is 0 Å². The molecule has 0 atom stereocenters. The fraction of sp³-hybridized carbons (Fsp3) is 0.357. The van der Waals surface area contributed by atoms with E-state index in [9.17, 15) is 4.79 Å². The zero-order chi connectivity index (χ0) is 15.5. The lowest BCUT2D eigenvalue weighted by Gasteiger charge is -2.26. The van der Waals surface area contributed by atoms with Gasteiger partial charge < -0.3 is 19.4 Å². The lowest BCUT2D eigenvalue weighted by molar-refractivity contribution is 0.0951. The van der Waals surface area contributed by atoms with Gasteiger partial charge >= 0.3 is 0 Å². The maximum atomic E-state index is 12.0. The summed E-state index contributed by atoms with van der Waals surface area (Å²) >= 11 is 6.81. The molecule has 3 rings (SSSR count). The number of nitrogens with zero attached hydrogens (tertiary/aromatic N) is 2. The normalized spacial score (nSPS) is 14.9. The summed E-state index contributed by atoms with van der Waals surface area (Å²) in [4.78, 5) is 19.9. The third-order valence-electron chi connectivity index (χ3n) is 3.25. The Hall–Kier alpha value is -1.77. The molecule has 1 amide bonds. The van der Waals surface area contributed by atoms with E-state index in [2.05, 4.69) is 15.2 Å². The molecule has 0 spiro atoms. The summed E-state index contributed by atoms with van der Waals surface area (Å²) in [5.74, 6) is -0.117. The molecule has 0 bridgehead atoms. The Bertz CT molecular complexity index is 676. The van der Waals surface area contributed by atoms with E-state index >= 15 is 0 Å². The third-order valence-corrected chi connectivity index (χ3v) is 4.92. The fourth-order valence-electron chi connectivity index (χ4n) is 2.11. The average Bonchev–Trinajstić information content (AvgIpc) is 3.17. The monoisotopic (exact) mass is 337 g/mol. The van der Waals surface area contributed by atoms with Crippen LogP contribution in [0.1, 0.15) is 21.1 Å². The van der Waals surface area contributed by atoms with Gasteiger partial charge in [0.25, 0.3) is 5.91 Å². The van der Waals surface area contributed by atoms with Crippen molar-refractivity contribution in [3.8, 4) is 0 Å². The molecule has 0 saturated carbocycles. The first-order chi connectivity index (χ1) is 10.6. The van der Waals surface area contributed by atoms with E-state index < -0.39 is 0 Å². The number of amides is 1. The number of carbonyl (C=O) groups excluding carboxylic acids is 1. The van der Waals surface area contributed by atoms with Crippen molar-refractivity contribution in [2.24, 2.45) is 0 Å². The van der Waals surface area contributed by atoms with Crippen LogP contribution in [0.3, 0.4) is 0 Å². The number of aryl methyl sites for hydroxylation is 1. The van der Waals surface area contributed by atoms with Crippen LogP contribution < -0.4 is 10.2 Å². The molecule has 116 valence electrons. The van der Waals surface area contributed by atoms with Crippen LogP contribution in [-0.2, 0) is 4.74 Å². The molecule has 6 nitrogen and oxygen atoms in total. The van der Waals surface area contributed by atoms with Crippen molar-refractivity contribution >= 4 is 39.6 Å². The molecule has 2 aromatic heterocycles. The molecule has 0 aromatic carbocycles. The summed E-state index contributed by atoms with van der Waals surface area (Å²) < 4.78 is 10.4. The Balaban J connectivity index is 1.72. The van der Waals surface area contributed by atoms with Gasteiger partial charge in [0.1, 0.15) is 4.99 Å². The smallest absolute Gasteiger partial charge is 0.292 e. The minimum absolute atomic E-state index is 0.234. The molecule has 1 N–H and O–H groups in total. The van der Waals surface area contributed by atoms with Crippen molar-refractivity contribution in [1.82, 2.24) is 10.3 Å². The summed E-state index contributed by atoms with van der Waals surface area (Å²) in [7, 11) is 0. The third kappa shape index (κ3) is 3.18. The second-order valence-electron chi connectivity index (χ2n) is 4.77. The predicted molar refractivity (Wildman–Crippen MR) is 87.8 cm³/mol. The van der Waals surface area contributed by atoms with E-state index in [1.54, 1.807) is 12.1 Å². The quantitative estimate of drug-likeness (QED) is 0.864. The van der Waals surface area contributed by atoms with Crippen molar-refractivity contribution in [2.45, 2.75) is 6.92 Å². The molecule has 22 heavy (non-hydrogen) atoms. The summed E-state index contributed by atoms with van der Waals surface area (Å²) in [5, 5.41) is 3.59. The highest BCUT2D eigenvalue weighted by atomic mass is 32.1. The number of nitrogens with one attached hydrogen (secondary N) is 1. The van der Waals surface area contributed by atoms with E-state index in [1.807, 2.05) is 6.92 Å². The zero-order valence-corrected chi connectivity index (χ0v) is 13.6. The van der Waals surface area contributed by atoms with Crippen LogP contribution in [0.25, 0.3) is 0 Å². The van der Waals surface area contributed by atoms with Gasteiger partial charge in [0.05, 0.1) is 30.0 Å². The lowest BCUT2D eigenvalue weighted by Crippen LogP contribution is -2.36. The van der Waals surface area contributed by atoms with Gasteiger partial charge in [-0.15, -0.1) is 0 Å². The molecular formula is C14H15N3O3S2. The molecule has 0 unspecified atom stereocenters. The summed E-state index contributed by atoms with van der Waals surface area (Å²) in [5.41, 5.74) is 0.816. The van der Waals surface area contributed by atoms with Crippen molar-refractivity contribution < 1.29 is 13.9 Å². The largest absolute Gasteiger partial charge is 0.459 e. The van der Waals surface area contributed by atoms with Crippen molar-refractivity contribution in [3.05, 3.63) is 34.7 Å². The lowest BCUT2D eigenvalue weighted by atomic mass is 10.3. The Morgan fingerprint density at radius 1 is 1.45 bits per heavy atom. The van der Waals surface area contributed by atoms with Crippen LogP contribution in [0.4, 0.5) is 5.13 Å². The first-order valence-corrected chi connectivity index (χ1v) is 8.07. The van der Waals surface area contributed by atoms with Gasteiger partial charge in [-0.25, -0.2) is 4.98 Å². The second kappa shape index (κ2) is 6.55. The second-order valence-corrected chi connectivity index (χ2v) is 6.16. The van der Waals surface area contributed by atoms with E-state index in [-0.39, 0.29) is 11.7 Å². The van der Waals surface area contributed by atoms with Crippen LogP contribution in [0.15, 0.2) is 22.8 Å². The van der Waals surface area contributed by atoms with Crippen LogP contribution in [0.2, 0.25) is 0 Å². The Morgan fingerprint density at radius 2 is 2.23 bits per heavy atom. The predicted octanol–water partition coefficient (Wildman–Crippen LogP) is 1.99. The molecule has 0 aliphatic carbocycles. The van der Waals surface area contributed by atoms with Crippen molar-refractivity contribution in [1.29, 1.82) is 0 Å². The number of ether oxygens (including phenoxy) is 1. The number of furan rings is 1. The number of carbonyl (C=O) groups is 1. The number of thiocarbonyl (C=S) groups is 1. The number of hydrogen-bond donors (Lipinski definition) is 1. The minimum atomic E-state index is -0.351. The van der Waals surface area contributed by atoms with E-state index in [0.717, 1.165) is 28.8 Å². The standard InChI is InChI=1S/C14H15N3O3S2/c1-9-11(13(21)16-12(18)10-3-2-6-20-10)22-14(15-9)17-4-7-19-8-5-17/h2-3,6H,4-5,7-8H2,1H3,(H,16,18,21). The van der Waals surface area contributed by atoms with E-state index in [1.165, 1.54) is 17.6 Å². The summed E-state index contributed by atoms with van der Waals surface area (Å²) in [6.07, 6.45) is 1.45. The molecular weight excluding hydrogens is 322 g/mol.